The molecule has 0 spiro atoms. The molecule has 0 unspecified atom stereocenters. The monoisotopic (exact) mass is 284 g/mol. The fraction of sp³-hybridized carbons (Fsp3) is 0.444. The Bertz CT molecular complexity index is 462. The zero-order chi connectivity index (χ0) is 13.6. The van der Waals surface area contributed by atoms with Crippen LogP contribution < -0.4 is 4.89 Å². The van der Waals surface area contributed by atoms with Gasteiger partial charge in [0.15, 0.2) is 6.61 Å². The summed E-state index contributed by atoms with van der Waals surface area (Å²) in [6, 6.07) is 3.23. The first kappa shape index (κ1) is 14.9. The molecule has 0 saturated heterocycles. The van der Waals surface area contributed by atoms with E-state index in [1.165, 1.54) is 17.3 Å². The molecule has 102 valence electrons. The third kappa shape index (κ3) is 6.52. The molecule has 0 fully saturated rings. The third-order valence-corrected chi connectivity index (χ3v) is 2.94. The summed E-state index contributed by atoms with van der Waals surface area (Å²) in [5.74, 6) is -0.366. The number of nitrogens with zero attached hydrogens (tertiary/aromatic N) is 1. The van der Waals surface area contributed by atoms with E-state index >= 15 is 0 Å². The first-order valence-electron chi connectivity index (χ1n) is 4.85. The van der Waals surface area contributed by atoms with E-state index in [9.17, 15) is 21.6 Å². The number of pyridine rings is 1. The lowest BCUT2D eigenvalue weighted by Gasteiger charge is -2.09. The summed E-state index contributed by atoms with van der Waals surface area (Å²) in [7, 11) is -3.89. The Morgan fingerprint density at radius 2 is 1.89 bits per heavy atom. The lowest BCUT2D eigenvalue weighted by molar-refractivity contribution is -0.181. The van der Waals surface area contributed by atoms with Crippen LogP contribution in [-0.2, 0) is 21.3 Å². The number of sulfonamides is 1. The molecule has 0 radical (unpaired) electrons. The van der Waals surface area contributed by atoms with Crippen molar-refractivity contribution in [1.29, 1.82) is 0 Å². The highest BCUT2D eigenvalue weighted by Crippen LogP contribution is 2.13. The van der Waals surface area contributed by atoms with Crippen LogP contribution in [0.4, 0.5) is 13.2 Å². The molecular weight excluding hydrogens is 273 g/mol. The Labute approximate surface area is 102 Å². The van der Waals surface area contributed by atoms with Crippen LogP contribution in [0.5, 0.6) is 0 Å². The quantitative estimate of drug-likeness (QED) is 0.792. The van der Waals surface area contributed by atoms with Gasteiger partial charge in [0.1, 0.15) is 0 Å². The maximum atomic E-state index is 11.7. The number of alkyl halides is 3. The standard InChI is InChI=1S/C9H11F3N2O3S/c10-9(11,12)7-17-14-18(15,16)6-3-8-1-4-13-5-2-8/h1-2,4-5,14H,3,6-7H2. The van der Waals surface area contributed by atoms with Gasteiger partial charge in [0.05, 0.1) is 5.75 Å². The van der Waals surface area contributed by atoms with Crippen molar-refractivity contribution in [2.45, 2.75) is 12.6 Å². The highest BCUT2D eigenvalue weighted by atomic mass is 32.2. The summed E-state index contributed by atoms with van der Waals surface area (Å²) in [6.45, 7) is -1.67. The van der Waals surface area contributed by atoms with Crippen molar-refractivity contribution in [3.8, 4) is 0 Å². The van der Waals surface area contributed by atoms with Crippen LogP contribution in [0.3, 0.4) is 0 Å². The molecule has 0 aliphatic heterocycles. The number of aromatic nitrogens is 1. The zero-order valence-electron chi connectivity index (χ0n) is 9.14. The number of halogens is 3. The number of aryl methyl sites for hydroxylation is 1. The summed E-state index contributed by atoms with van der Waals surface area (Å²) >= 11 is 0. The van der Waals surface area contributed by atoms with Crippen molar-refractivity contribution in [1.82, 2.24) is 9.87 Å². The smallest absolute Gasteiger partial charge is 0.278 e. The molecule has 1 aromatic heterocycles. The highest BCUT2D eigenvalue weighted by Gasteiger charge is 2.28. The van der Waals surface area contributed by atoms with E-state index in [0.717, 1.165) is 0 Å². The number of hydrogen-bond acceptors (Lipinski definition) is 4. The van der Waals surface area contributed by atoms with Crippen LogP contribution in [0.15, 0.2) is 24.5 Å². The number of hydrogen-bond donors (Lipinski definition) is 1. The van der Waals surface area contributed by atoms with E-state index in [0.29, 0.717) is 5.56 Å². The van der Waals surface area contributed by atoms with Gasteiger partial charge in [-0.3, -0.25) is 9.82 Å². The van der Waals surface area contributed by atoms with Gasteiger partial charge in [0, 0.05) is 12.4 Å². The third-order valence-electron chi connectivity index (χ3n) is 1.83. The average molecular weight is 284 g/mol. The summed E-state index contributed by atoms with van der Waals surface area (Å²) in [5.41, 5.74) is 0.714. The van der Waals surface area contributed by atoms with E-state index in [2.05, 4.69) is 9.82 Å². The molecule has 0 bridgehead atoms. The molecule has 5 nitrogen and oxygen atoms in total. The van der Waals surface area contributed by atoms with Crippen LogP contribution >= 0.6 is 0 Å². The van der Waals surface area contributed by atoms with Crippen LogP contribution in [0, 0.1) is 0 Å². The molecular formula is C9H11F3N2O3S. The number of nitrogens with one attached hydrogen (secondary N) is 1. The topological polar surface area (TPSA) is 68.3 Å². The van der Waals surface area contributed by atoms with E-state index in [1.807, 2.05) is 0 Å². The Kier molecular flexibility index (Phi) is 5.05. The van der Waals surface area contributed by atoms with Gasteiger partial charge >= 0.3 is 6.18 Å². The predicted octanol–water partition coefficient (Wildman–Crippen LogP) is 1.04. The molecule has 0 aliphatic carbocycles. The maximum absolute atomic E-state index is 11.7. The van der Waals surface area contributed by atoms with Crippen molar-refractivity contribution in [3.63, 3.8) is 0 Å². The molecule has 18 heavy (non-hydrogen) atoms. The predicted molar refractivity (Wildman–Crippen MR) is 56.9 cm³/mol. The lowest BCUT2D eigenvalue weighted by Crippen LogP contribution is -2.31. The van der Waals surface area contributed by atoms with E-state index < -0.39 is 22.8 Å². The van der Waals surface area contributed by atoms with Gasteiger partial charge in [-0.1, -0.05) is 4.89 Å². The number of rotatable bonds is 6. The van der Waals surface area contributed by atoms with E-state index in [1.54, 1.807) is 12.1 Å². The van der Waals surface area contributed by atoms with Gasteiger partial charge < -0.3 is 0 Å². The molecule has 0 amide bonds. The molecule has 1 aromatic rings. The first-order chi connectivity index (χ1) is 8.29. The van der Waals surface area contributed by atoms with Gasteiger partial charge in [0.2, 0.25) is 10.0 Å². The fourth-order valence-electron chi connectivity index (χ4n) is 1.04. The Balaban J connectivity index is 2.37. The van der Waals surface area contributed by atoms with Gasteiger partial charge in [-0.25, -0.2) is 8.42 Å². The van der Waals surface area contributed by atoms with E-state index in [-0.39, 0.29) is 12.2 Å². The molecule has 0 aromatic carbocycles. The van der Waals surface area contributed by atoms with Gasteiger partial charge in [-0.15, -0.1) is 0 Å². The first-order valence-corrected chi connectivity index (χ1v) is 6.51. The molecule has 0 saturated carbocycles. The highest BCUT2D eigenvalue weighted by molar-refractivity contribution is 7.89. The van der Waals surface area contributed by atoms with Crippen LogP contribution in [0.2, 0.25) is 0 Å². The van der Waals surface area contributed by atoms with Crippen molar-refractivity contribution in [3.05, 3.63) is 30.1 Å². The Hall–Kier alpha value is -1.19. The minimum Gasteiger partial charge on any atom is -0.278 e. The summed E-state index contributed by atoms with van der Waals surface area (Å²) in [5, 5.41) is 0. The summed E-state index contributed by atoms with van der Waals surface area (Å²) < 4.78 is 57.7. The average Bonchev–Trinajstić information content (AvgIpc) is 2.26. The largest absolute Gasteiger partial charge is 0.413 e. The second-order valence-corrected chi connectivity index (χ2v) is 5.22. The van der Waals surface area contributed by atoms with E-state index in [4.69, 9.17) is 0 Å². The summed E-state index contributed by atoms with van der Waals surface area (Å²) in [6.07, 6.45) is -1.42. The van der Waals surface area contributed by atoms with Crippen molar-refractivity contribution in [2.24, 2.45) is 0 Å². The summed E-state index contributed by atoms with van der Waals surface area (Å²) in [4.78, 5) is 9.05. The zero-order valence-corrected chi connectivity index (χ0v) is 9.96. The SMILES string of the molecule is O=S(=O)(CCc1ccncc1)NOCC(F)(F)F. The van der Waals surface area contributed by atoms with Crippen LogP contribution in [0.25, 0.3) is 0 Å². The van der Waals surface area contributed by atoms with Gasteiger partial charge in [-0.05, 0) is 24.1 Å². The molecule has 1 rings (SSSR count). The molecule has 0 aliphatic rings. The molecule has 1 heterocycles. The second kappa shape index (κ2) is 6.12. The second-order valence-electron chi connectivity index (χ2n) is 3.41. The normalized spacial score (nSPS) is 12.6. The van der Waals surface area contributed by atoms with Crippen LogP contribution in [-0.4, -0.2) is 31.9 Å². The molecule has 9 heteroatoms. The van der Waals surface area contributed by atoms with Gasteiger partial charge in [-0.2, -0.15) is 13.2 Å². The van der Waals surface area contributed by atoms with Crippen molar-refractivity contribution in [2.75, 3.05) is 12.4 Å². The minimum absolute atomic E-state index is 0.160. The Morgan fingerprint density at radius 3 is 2.44 bits per heavy atom. The van der Waals surface area contributed by atoms with Crippen LogP contribution in [0.1, 0.15) is 5.56 Å². The van der Waals surface area contributed by atoms with Crippen molar-refractivity contribution >= 4 is 10.0 Å². The minimum atomic E-state index is -4.58. The maximum Gasteiger partial charge on any atom is 0.413 e. The van der Waals surface area contributed by atoms with Gasteiger partial charge in [0.25, 0.3) is 0 Å². The fourth-order valence-corrected chi connectivity index (χ4v) is 1.87. The Morgan fingerprint density at radius 1 is 1.28 bits per heavy atom. The van der Waals surface area contributed by atoms with Crippen molar-refractivity contribution < 1.29 is 26.4 Å². The molecule has 0 atom stereocenters. The molecule has 1 N–H and O–H groups in total. The lowest BCUT2D eigenvalue weighted by atomic mass is 10.2.